The van der Waals surface area contributed by atoms with E-state index >= 15 is 0 Å². The van der Waals surface area contributed by atoms with E-state index in [1.807, 2.05) is 12.1 Å². The summed E-state index contributed by atoms with van der Waals surface area (Å²) in [5.41, 5.74) is 1.27. The van der Waals surface area contributed by atoms with Crippen LogP contribution in [0.4, 0.5) is 0 Å². The van der Waals surface area contributed by atoms with E-state index in [0.717, 1.165) is 31.8 Å². The van der Waals surface area contributed by atoms with E-state index in [9.17, 15) is 4.79 Å². The van der Waals surface area contributed by atoms with Gasteiger partial charge in [-0.3, -0.25) is 9.69 Å². The quantitative estimate of drug-likeness (QED) is 0.765. The molecule has 6 nitrogen and oxygen atoms in total. The molecule has 0 bridgehead atoms. The molecule has 1 amide bonds. The lowest BCUT2D eigenvalue weighted by molar-refractivity contribution is -0.125. The largest absolute Gasteiger partial charge is 0.497 e. The summed E-state index contributed by atoms with van der Waals surface area (Å²) in [5, 5.41) is 2.99. The van der Waals surface area contributed by atoms with Gasteiger partial charge in [0.2, 0.25) is 5.91 Å². The third-order valence-electron chi connectivity index (χ3n) is 4.85. The molecule has 1 heterocycles. The number of methoxy groups -OCH3 is 2. The first-order chi connectivity index (χ1) is 12.0. The summed E-state index contributed by atoms with van der Waals surface area (Å²) in [4.78, 5) is 16.4. The standard InChI is InChI=1S/C19H31N3O3/c1-21(2)18-13-22(12-15-6-5-7-17(10-15)25-4)9-8-16(18)11-20-19(23)14-24-3/h5-7,10,16,18H,8-9,11-14H2,1-4H3,(H,20,23)/t16-,18-/m1/s1. The molecule has 0 aromatic heterocycles. The lowest BCUT2D eigenvalue weighted by atomic mass is 9.90. The lowest BCUT2D eigenvalue weighted by Crippen LogP contribution is -2.53. The zero-order valence-corrected chi connectivity index (χ0v) is 15.8. The van der Waals surface area contributed by atoms with Crippen molar-refractivity contribution >= 4 is 5.91 Å². The van der Waals surface area contributed by atoms with Crippen molar-refractivity contribution in [2.45, 2.75) is 19.0 Å². The number of benzene rings is 1. The minimum absolute atomic E-state index is 0.0428. The van der Waals surface area contributed by atoms with E-state index in [1.54, 1.807) is 14.2 Å². The topological polar surface area (TPSA) is 54.0 Å². The fourth-order valence-corrected chi connectivity index (χ4v) is 3.47. The summed E-state index contributed by atoms with van der Waals surface area (Å²) < 4.78 is 10.2. The minimum Gasteiger partial charge on any atom is -0.497 e. The number of likely N-dealkylation sites (tertiary alicyclic amines) is 1. The molecule has 0 aliphatic carbocycles. The summed E-state index contributed by atoms with van der Waals surface area (Å²) in [7, 11) is 7.47. The molecule has 1 N–H and O–H groups in total. The molecule has 6 heteroatoms. The summed E-state index contributed by atoms with van der Waals surface area (Å²) in [6, 6.07) is 8.67. The Morgan fingerprint density at radius 3 is 2.84 bits per heavy atom. The lowest BCUT2D eigenvalue weighted by Gasteiger charge is -2.42. The van der Waals surface area contributed by atoms with Gasteiger partial charge in [-0.2, -0.15) is 0 Å². The molecule has 2 rings (SSSR count). The van der Waals surface area contributed by atoms with Gasteiger partial charge in [-0.25, -0.2) is 0 Å². The third-order valence-corrected chi connectivity index (χ3v) is 4.85. The molecule has 1 saturated heterocycles. The Balaban J connectivity index is 1.92. The van der Waals surface area contributed by atoms with Crippen molar-refractivity contribution in [3.63, 3.8) is 0 Å². The fraction of sp³-hybridized carbons (Fsp3) is 0.632. The minimum atomic E-state index is -0.0428. The highest BCUT2D eigenvalue weighted by Gasteiger charge is 2.30. The van der Waals surface area contributed by atoms with Crippen molar-refractivity contribution in [1.82, 2.24) is 15.1 Å². The number of carbonyl (C=O) groups excluding carboxylic acids is 1. The van der Waals surface area contributed by atoms with Gasteiger partial charge in [-0.05, 0) is 50.7 Å². The van der Waals surface area contributed by atoms with Gasteiger partial charge in [-0.1, -0.05) is 12.1 Å². The Hall–Kier alpha value is -1.63. The molecule has 0 radical (unpaired) electrons. The highest BCUT2D eigenvalue weighted by atomic mass is 16.5. The first-order valence-electron chi connectivity index (χ1n) is 8.80. The van der Waals surface area contributed by atoms with Gasteiger partial charge >= 0.3 is 0 Å². The van der Waals surface area contributed by atoms with Crippen LogP contribution in [0.2, 0.25) is 0 Å². The van der Waals surface area contributed by atoms with Gasteiger partial charge in [0.1, 0.15) is 12.4 Å². The predicted octanol–water partition coefficient (Wildman–Crippen LogP) is 1.21. The van der Waals surface area contributed by atoms with Crippen LogP contribution in [-0.4, -0.2) is 76.3 Å². The highest BCUT2D eigenvalue weighted by Crippen LogP contribution is 2.23. The molecule has 0 spiro atoms. The summed E-state index contributed by atoms with van der Waals surface area (Å²) >= 11 is 0. The molecule has 1 fully saturated rings. The molecule has 1 aliphatic rings. The number of likely N-dealkylation sites (N-methyl/N-ethyl adjacent to an activating group) is 1. The number of nitrogens with one attached hydrogen (secondary N) is 1. The van der Waals surface area contributed by atoms with Crippen LogP contribution in [0.1, 0.15) is 12.0 Å². The van der Waals surface area contributed by atoms with Gasteiger partial charge in [0, 0.05) is 32.8 Å². The second kappa shape index (κ2) is 9.75. The van der Waals surface area contributed by atoms with Gasteiger partial charge < -0.3 is 19.7 Å². The van der Waals surface area contributed by atoms with E-state index in [0.29, 0.717) is 18.5 Å². The second-order valence-electron chi connectivity index (χ2n) is 6.90. The Bertz CT molecular complexity index is 550. The summed E-state index contributed by atoms with van der Waals surface area (Å²) in [5.74, 6) is 1.31. The molecule has 2 atom stereocenters. The van der Waals surface area contributed by atoms with Crippen LogP contribution >= 0.6 is 0 Å². The molecule has 0 saturated carbocycles. The zero-order chi connectivity index (χ0) is 18.2. The molecule has 140 valence electrons. The fourth-order valence-electron chi connectivity index (χ4n) is 3.47. The molecule has 1 aliphatic heterocycles. The first kappa shape index (κ1) is 19.7. The Morgan fingerprint density at radius 1 is 1.36 bits per heavy atom. The van der Waals surface area contributed by atoms with Gasteiger partial charge in [0.15, 0.2) is 0 Å². The Morgan fingerprint density at radius 2 is 2.16 bits per heavy atom. The van der Waals surface area contributed by atoms with Gasteiger partial charge in [0.25, 0.3) is 0 Å². The maximum atomic E-state index is 11.7. The monoisotopic (exact) mass is 349 g/mol. The van der Waals surface area contributed by atoms with Crippen LogP contribution < -0.4 is 10.1 Å². The number of amides is 1. The average Bonchev–Trinajstić information content (AvgIpc) is 2.61. The van der Waals surface area contributed by atoms with E-state index in [4.69, 9.17) is 9.47 Å². The van der Waals surface area contributed by atoms with Crippen molar-refractivity contribution in [2.24, 2.45) is 5.92 Å². The molecular weight excluding hydrogens is 318 g/mol. The number of hydrogen-bond acceptors (Lipinski definition) is 5. The van der Waals surface area contributed by atoms with Crippen LogP contribution in [0.3, 0.4) is 0 Å². The van der Waals surface area contributed by atoms with E-state index < -0.39 is 0 Å². The van der Waals surface area contributed by atoms with Crippen molar-refractivity contribution in [3.8, 4) is 5.75 Å². The molecular formula is C19H31N3O3. The van der Waals surface area contributed by atoms with Crippen molar-refractivity contribution in [1.29, 1.82) is 0 Å². The van der Waals surface area contributed by atoms with Gasteiger partial charge in [0.05, 0.1) is 7.11 Å². The Kier molecular flexibility index (Phi) is 7.68. The molecule has 1 aromatic rings. The van der Waals surface area contributed by atoms with Crippen molar-refractivity contribution < 1.29 is 14.3 Å². The number of nitrogens with zero attached hydrogens (tertiary/aromatic N) is 2. The third kappa shape index (κ3) is 5.99. The van der Waals surface area contributed by atoms with Crippen LogP contribution in [0.15, 0.2) is 24.3 Å². The van der Waals surface area contributed by atoms with E-state index in [2.05, 4.69) is 41.3 Å². The summed E-state index contributed by atoms with van der Waals surface area (Å²) in [6.45, 7) is 3.78. The second-order valence-corrected chi connectivity index (χ2v) is 6.90. The summed E-state index contributed by atoms with van der Waals surface area (Å²) in [6.07, 6.45) is 1.07. The first-order valence-corrected chi connectivity index (χ1v) is 8.80. The number of hydrogen-bond donors (Lipinski definition) is 1. The van der Waals surface area contributed by atoms with Crippen LogP contribution in [-0.2, 0) is 16.1 Å². The molecule has 25 heavy (non-hydrogen) atoms. The highest BCUT2D eigenvalue weighted by molar-refractivity contribution is 5.77. The predicted molar refractivity (Wildman–Crippen MR) is 98.7 cm³/mol. The normalized spacial score (nSPS) is 21.3. The number of piperidine rings is 1. The maximum absolute atomic E-state index is 11.7. The SMILES string of the molecule is COCC(=O)NC[C@H]1CCN(Cc2cccc(OC)c2)C[C@H]1N(C)C. The van der Waals surface area contributed by atoms with Crippen molar-refractivity contribution in [3.05, 3.63) is 29.8 Å². The number of rotatable bonds is 8. The average molecular weight is 349 g/mol. The molecule has 0 unspecified atom stereocenters. The molecule has 1 aromatic carbocycles. The Labute approximate surface area is 151 Å². The zero-order valence-electron chi connectivity index (χ0n) is 15.8. The smallest absolute Gasteiger partial charge is 0.245 e. The van der Waals surface area contributed by atoms with Crippen LogP contribution in [0, 0.1) is 5.92 Å². The van der Waals surface area contributed by atoms with Crippen molar-refractivity contribution in [2.75, 3.05) is 54.6 Å². The number of carbonyl (C=O) groups is 1. The van der Waals surface area contributed by atoms with E-state index in [1.165, 1.54) is 5.56 Å². The van der Waals surface area contributed by atoms with Gasteiger partial charge in [-0.15, -0.1) is 0 Å². The van der Waals surface area contributed by atoms with Crippen LogP contribution in [0.25, 0.3) is 0 Å². The maximum Gasteiger partial charge on any atom is 0.245 e. The van der Waals surface area contributed by atoms with Crippen LogP contribution in [0.5, 0.6) is 5.75 Å². The van der Waals surface area contributed by atoms with E-state index in [-0.39, 0.29) is 12.5 Å². The number of ether oxygens (including phenoxy) is 2.